The first-order valence-electron chi connectivity index (χ1n) is 23.6. The summed E-state index contributed by atoms with van der Waals surface area (Å²) in [5, 5.41) is 57.6. The molecule has 6 aliphatic heterocycles. The van der Waals surface area contributed by atoms with E-state index < -0.39 is 103 Å². The van der Waals surface area contributed by atoms with Crippen molar-refractivity contribution in [3.63, 3.8) is 0 Å². The van der Waals surface area contributed by atoms with Crippen LogP contribution in [0.4, 0.5) is 0 Å². The summed E-state index contributed by atoms with van der Waals surface area (Å²) in [6.07, 6.45) is -8.73. The number of aromatic hydroxyl groups is 2. The van der Waals surface area contributed by atoms with E-state index in [0.29, 0.717) is 61.9 Å². The fourth-order valence-corrected chi connectivity index (χ4v) is 11.9. The predicted molar refractivity (Wildman–Crippen MR) is 232 cm³/mol. The van der Waals surface area contributed by atoms with Crippen molar-refractivity contribution in [2.45, 2.75) is 170 Å². The number of rotatable bonds is 8. The number of hydrogen-bond donors (Lipinski definition) is 5. The molecule has 7 heterocycles. The number of aliphatic hydroxyl groups excluding tert-OH is 3. The number of methoxy groups -OCH3 is 2. The molecule has 68 heavy (non-hydrogen) atoms. The van der Waals surface area contributed by atoms with Gasteiger partial charge in [-0.3, -0.25) is 9.59 Å². The highest BCUT2D eigenvalue weighted by atomic mass is 16.7. The van der Waals surface area contributed by atoms with Gasteiger partial charge >= 0.3 is 0 Å². The summed E-state index contributed by atoms with van der Waals surface area (Å²) in [5.41, 5.74) is -0.241. The molecule has 16 unspecified atom stereocenters. The molecule has 1 amide bonds. The maximum Gasteiger partial charge on any atom is 0.260 e. The molecule has 4 fully saturated rings. The molecule has 5 N–H and O–H groups in total. The standard InChI is InChI=1S/C48H59NO19/c1-18-24(65-30-15-28(58-6)43(20(3)64-30)67-31-14-26(57-5)38(51)19(2)63-31)7-8-29(62-18)66-27-13-23(50)34-41(54)37-42(55)36-32-21(11-22-16-48(4)49(9-10-61-48)47(56)33(22)40(32)53)12-25-35(36)45(60-17-59-25)46(37)68-44(34)39(27)52/h11,18-20,23-31,38-39,43,50-53,55H,7-10,12-17H2,1-6H3. The maximum atomic E-state index is 14.6. The zero-order valence-electron chi connectivity index (χ0n) is 38.7. The molecule has 0 radical (unpaired) electrons. The van der Waals surface area contributed by atoms with Gasteiger partial charge in [0, 0.05) is 76.0 Å². The Labute approximate surface area is 390 Å². The minimum Gasteiger partial charge on any atom is -0.506 e. The van der Waals surface area contributed by atoms with Gasteiger partial charge in [0.15, 0.2) is 37.0 Å². The van der Waals surface area contributed by atoms with Crippen LogP contribution in [0.25, 0.3) is 22.1 Å². The van der Waals surface area contributed by atoms with Crippen molar-refractivity contribution in [2.75, 3.05) is 34.2 Å². The molecule has 2 aliphatic carbocycles. The van der Waals surface area contributed by atoms with Crippen LogP contribution < -0.4 is 10.2 Å². The quantitative estimate of drug-likeness (QED) is 0.217. The Kier molecular flexibility index (Phi) is 11.9. The van der Waals surface area contributed by atoms with Gasteiger partial charge in [0.05, 0.1) is 72.7 Å². The number of fused-ring (bicyclic) bond motifs is 7. The van der Waals surface area contributed by atoms with Crippen LogP contribution in [0.1, 0.15) is 116 Å². The lowest BCUT2D eigenvalue weighted by Crippen LogP contribution is -2.55. The molecule has 0 bridgehead atoms. The first-order chi connectivity index (χ1) is 32.6. The Balaban J connectivity index is 0.805. The van der Waals surface area contributed by atoms with Gasteiger partial charge in [0.1, 0.15) is 46.7 Å². The number of carbonyl (C=O) groups is 1. The molecule has 0 saturated carbocycles. The van der Waals surface area contributed by atoms with Crippen LogP contribution >= 0.6 is 0 Å². The summed E-state index contributed by atoms with van der Waals surface area (Å²) in [5.74, 6) is -1.46. The van der Waals surface area contributed by atoms with E-state index in [1.807, 2.05) is 26.8 Å². The van der Waals surface area contributed by atoms with Gasteiger partial charge in [-0.25, -0.2) is 0 Å². The average molecular weight is 954 g/mol. The van der Waals surface area contributed by atoms with E-state index in [1.165, 1.54) is 0 Å². The fraction of sp³-hybridized carbons (Fsp3) is 0.667. The zero-order chi connectivity index (χ0) is 47.7. The highest BCUT2D eigenvalue weighted by Gasteiger charge is 2.51. The van der Waals surface area contributed by atoms with Gasteiger partial charge < -0.3 is 87.0 Å². The number of phenols is 2. The second-order valence-corrected chi connectivity index (χ2v) is 19.5. The van der Waals surface area contributed by atoms with Crippen molar-refractivity contribution >= 4 is 16.9 Å². The Morgan fingerprint density at radius 2 is 1.49 bits per heavy atom. The Hall–Kier alpha value is -4.00. The second-order valence-electron chi connectivity index (χ2n) is 19.5. The summed E-state index contributed by atoms with van der Waals surface area (Å²) in [6, 6.07) is 1.83. The van der Waals surface area contributed by atoms with Crippen LogP contribution in [0.2, 0.25) is 0 Å². The van der Waals surface area contributed by atoms with Crippen LogP contribution in [0, 0.1) is 0 Å². The smallest absolute Gasteiger partial charge is 0.260 e. The third-order valence-electron chi connectivity index (χ3n) is 15.4. The van der Waals surface area contributed by atoms with Crippen molar-refractivity contribution in [1.82, 2.24) is 4.90 Å². The van der Waals surface area contributed by atoms with Gasteiger partial charge in [0.2, 0.25) is 5.43 Å². The lowest BCUT2D eigenvalue weighted by molar-refractivity contribution is -0.330. The Bertz CT molecular complexity index is 2550. The van der Waals surface area contributed by atoms with Gasteiger partial charge in [-0.05, 0) is 45.2 Å². The first kappa shape index (κ1) is 46.4. The number of phenolic OH excluding ortho intramolecular Hbond substituents is 2. The molecule has 16 atom stereocenters. The topological polar surface area (TPSA) is 253 Å². The molecule has 20 nitrogen and oxygen atoms in total. The maximum absolute atomic E-state index is 14.6. The molecule has 370 valence electrons. The summed E-state index contributed by atoms with van der Waals surface area (Å²) in [7, 11) is 3.15. The van der Waals surface area contributed by atoms with Crippen LogP contribution in [-0.4, -0.2) is 150 Å². The molecular formula is C48H59NO19. The molecule has 3 aromatic rings. The van der Waals surface area contributed by atoms with E-state index >= 15 is 0 Å². The number of ether oxygens (including phenoxy) is 11. The fourth-order valence-electron chi connectivity index (χ4n) is 11.9. The van der Waals surface area contributed by atoms with Crippen LogP contribution in [0.3, 0.4) is 0 Å². The van der Waals surface area contributed by atoms with Crippen molar-refractivity contribution in [3.05, 3.63) is 49.9 Å². The summed E-state index contributed by atoms with van der Waals surface area (Å²) in [6.45, 7) is 7.81. The Morgan fingerprint density at radius 3 is 2.25 bits per heavy atom. The molecule has 0 spiro atoms. The van der Waals surface area contributed by atoms with E-state index in [1.54, 1.807) is 26.0 Å². The third kappa shape index (κ3) is 7.36. The number of hydrogen-bond acceptors (Lipinski definition) is 19. The summed E-state index contributed by atoms with van der Waals surface area (Å²) in [4.78, 5) is 30.0. The zero-order valence-corrected chi connectivity index (χ0v) is 38.7. The van der Waals surface area contributed by atoms with E-state index in [4.69, 9.17) is 56.5 Å². The Morgan fingerprint density at radius 1 is 0.765 bits per heavy atom. The number of carbonyl (C=O) groups excluding carboxylic acids is 1. The van der Waals surface area contributed by atoms with Crippen molar-refractivity contribution in [2.24, 2.45) is 0 Å². The SMILES string of the molecule is COC1CC(OC2C(C)OC(OC3CCC(OC4CC(O)c5c(oc6c7c8c(c(O)c6c5=O)-c5c(cc6c(c5O)C(=O)N5CCOC5(C)C6)CC8OCO7)C4O)OC3C)CC2OC)OC(C)C1O. The number of amides is 1. The molecule has 11 rings (SSSR count). The van der Waals surface area contributed by atoms with Crippen molar-refractivity contribution in [3.8, 4) is 28.4 Å². The number of benzene rings is 2. The lowest BCUT2D eigenvalue weighted by Gasteiger charge is -2.45. The van der Waals surface area contributed by atoms with Gasteiger partial charge in [-0.1, -0.05) is 6.07 Å². The van der Waals surface area contributed by atoms with E-state index in [-0.39, 0.29) is 82.3 Å². The van der Waals surface area contributed by atoms with Gasteiger partial charge in [0.25, 0.3) is 5.91 Å². The monoisotopic (exact) mass is 953 g/mol. The van der Waals surface area contributed by atoms with Crippen LogP contribution in [0.5, 0.6) is 17.2 Å². The molecular weight excluding hydrogens is 895 g/mol. The normalized spacial score (nSPS) is 38.6. The van der Waals surface area contributed by atoms with E-state index in [9.17, 15) is 35.1 Å². The number of nitrogens with zero attached hydrogens (tertiary/aromatic N) is 1. The van der Waals surface area contributed by atoms with Gasteiger partial charge in [-0.15, -0.1) is 0 Å². The lowest BCUT2D eigenvalue weighted by atomic mass is 9.77. The third-order valence-corrected chi connectivity index (χ3v) is 15.4. The molecule has 4 saturated heterocycles. The van der Waals surface area contributed by atoms with Crippen molar-refractivity contribution < 1.29 is 86.8 Å². The first-order valence-corrected chi connectivity index (χ1v) is 23.6. The molecule has 2 aromatic carbocycles. The second kappa shape index (κ2) is 17.4. The summed E-state index contributed by atoms with van der Waals surface area (Å²) < 4.78 is 73.2. The minimum atomic E-state index is -1.53. The highest BCUT2D eigenvalue weighted by Crippen LogP contribution is 2.58. The van der Waals surface area contributed by atoms with Gasteiger partial charge in [-0.2, -0.15) is 0 Å². The average Bonchev–Trinajstić information content (AvgIpc) is 3.70. The molecule has 8 aliphatic rings. The van der Waals surface area contributed by atoms with Crippen LogP contribution in [-0.2, 0) is 60.2 Å². The summed E-state index contributed by atoms with van der Waals surface area (Å²) >= 11 is 0. The van der Waals surface area contributed by atoms with Crippen molar-refractivity contribution in [1.29, 1.82) is 0 Å². The minimum absolute atomic E-state index is 0.0617. The van der Waals surface area contributed by atoms with E-state index in [0.717, 1.165) is 0 Å². The van der Waals surface area contributed by atoms with E-state index in [2.05, 4.69) is 0 Å². The molecule has 1 aromatic heterocycles. The van der Waals surface area contributed by atoms with Crippen LogP contribution in [0.15, 0.2) is 15.3 Å². The number of aliphatic hydroxyl groups is 3. The predicted octanol–water partition coefficient (Wildman–Crippen LogP) is 3.39. The molecule has 20 heteroatoms. The highest BCUT2D eigenvalue weighted by molar-refractivity contribution is 6.06. The largest absolute Gasteiger partial charge is 0.506 e.